The predicted octanol–water partition coefficient (Wildman–Crippen LogP) is 2.03. The van der Waals surface area contributed by atoms with Crippen LogP contribution in [0, 0.1) is 18.8 Å². The van der Waals surface area contributed by atoms with Crippen molar-refractivity contribution in [3.63, 3.8) is 0 Å². The van der Waals surface area contributed by atoms with Crippen molar-refractivity contribution >= 4 is 23.2 Å². The number of nitrogens with zero attached hydrogens (tertiary/aromatic N) is 2. The molecular weight excluding hydrogens is 340 g/mol. The summed E-state index contributed by atoms with van der Waals surface area (Å²) in [5, 5.41) is 4.65. The van der Waals surface area contributed by atoms with Crippen LogP contribution >= 0.6 is 0 Å². The van der Waals surface area contributed by atoms with Crippen molar-refractivity contribution < 1.29 is 9.59 Å². The lowest BCUT2D eigenvalue weighted by Crippen LogP contribution is -2.55. The third-order valence-electron chi connectivity index (χ3n) is 5.45. The number of aryl methyl sites for hydroxylation is 1. The van der Waals surface area contributed by atoms with E-state index in [4.69, 9.17) is 0 Å². The molecule has 2 aliphatic rings. The summed E-state index contributed by atoms with van der Waals surface area (Å²) in [6.45, 7) is 3.23. The number of rotatable bonds is 3. The van der Waals surface area contributed by atoms with E-state index in [0.29, 0.717) is 13.1 Å². The number of hydrogen-bond acceptors (Lipinski definition) is 4. The van der Waals surface area contributed by atoms with Gasteiger partial charge in [0.25, 0.3) is 0 Å². The SMILES string of the molecule is Cc1ccccc1NC(=O)C1CN(C)CC2C(=O)N(c3ccccc3)NC12. The molecule has 2 saturated heterocycles. The third-order valence-corrected chi connectivity index (χ3v) is 5.45. The Morgan fingerprint density at radius 3 is 2.52 bits per heavy atom. The molecule has 2 aromatic carbocycles. The molecule has 4 rings (SSSR count). The van der Waals surface area contributed by atoms with Gasteiger partial charge in [-0.25, -0.2) is 10.4 Å². The van der Waals surface area contributed by atoms with Gasteiger partial charge in [0.1, 0.15) is 0 Å². The van der Waals surface area contributed by atoms with E-state index < -0.39 is 0 Å². The Hall–Kier alpha value is -2.70. The molecule has 140 valence electrons. The van der Waals surface area contributed by atoms with Gasteiger partial charge in [-0.15, -0.1) is 0 Å². The first-order valence-corrected chi connectivity index (χ1v) is 9.25. The van der Waals surface area contributed by atoms with E-state index in [9.17, 15) is 9.59 Å². The summed E-state index contributed by atoms with van der Waals surface area (Å²) in [4.78, 5) is 28.1. The molecule has 0 spiro atoms. The number of likely N-dealkylation sites (tertiary alicyclic amines) is 1. The predicted molar refractivity (Wildman–Crippen MR) is 105 cm³/mol. The maximum Gasteiger partial charge on any atom is 0.247 e. The number of nitrogens with one attached hydrogen (secondary N) is 2. The Bertz CT molecular complexity index is 854. The van der Waals surface area contributed by atoms with Crippen molar-refractivity contribution in [2.24, 2.45) is 11.8 Å². The van der Waals surface area contributed by atoms with Crippen molar-refractivity contribution in [3.8, 4) is 0 Å². The van der Waals surface area contributed by atoms with Gasteiger partial charge >= 0.3 is 0 Å². The molecule has 2 fully saturated rings. The van der Waals surface area contributed by atoms with Crippen LogP contribution in [0.5, 0.6) is 0 Å². The number of amides is 2. The highest BCUT2D eigenvalue weighted by molar-refractivity contribution is 6.00. The maximum absolute atomic E-state index is 13.1. The zero-order valence-electron chi connectivity index (χ0n) is 15.6. The van der Waals surface area contributed by atoms with E-state index in [1.807, 2.05) is 68.6 Å². The molecule has 0 aliphatic carbocycles. The highest BCUT2D eigenvalue weighted by Crippen LogP contribution is 2.32. The van der Waals surface area contributed by atoms with Crippen molar-refractivity contribution in [1.82, 2.24) is 10.3 Å². The van der Waals surface area contributed by atoms with Gasteiger partial charge in [-0.05, 0) is 37.7 Å². The zero-order chi connectivity index (χ0) is 19.0. The highest BCUT2D eigenvalue weighted by Gasteiger charge is 2.50. The summed E-state index contributed by atoms with van der Waals surface area (Å²) >= 11 is 0. The smallest absolute Gasteiger partial charge is 0.247 e. The van der Waals surface area contributed by atoms with Crippen LogP contribution in [0.25, 0.3) is 0 Å². The average Bonchev–Trinajstić information content (AvgIpc) is 3.00. The molecule has 2 heterocycles. The summed E-state index contributed by atoms with van der Waals surface area (Å²) < 4.78 is 0. The van der Waals surface area contributed by atoms with E-state index in [-0.39, 0.29) is 29.7 Å². The summed E-state index contributed by atoms with van der Waals surface area (Å²) in [6, 6.07) is 17.0. The molecule has 2 N–H and O–H groups in total. The van der Waals surface area contributed by atoms with Gasteiger partial charge in [-0.2, -0.15) is 0 Å². The number of hydrogen-bond donors (Lipinski definition) is 2. The van der Waals surface area contributed by atoms with E-state index >= 15 is 0 Å². The summed E-state index contributed by atoms with van der Waals surface area (Å²) in [7, 11) is 1.96. The lowest BCUT2D eigenvalue weighted by atomic mass is 9.84. The van der Waals surface area contributed by atoms with Crippen molar-refractivity contribution in [2.75, 3.05) is 30.5 Å². The molecule has 0 radical (unpaired) electrons. The van der Waals surface area contributed by atoms with Gasteiger partial charge in [-0.1, -0.05) is 36.4 Å². The fourth-order valence-corrected chi connectivity index (χ4v) is 4.01. The minimum atomic E-state index is -0.314. The first-order chi connectivity index (χ1) is 13.0. The van der Waals surface area contributed by atoms with Crippen LogP contribution in [0.2, 0.25) is 0 Å². The van der Waals surface area contributed by atoms with Crippen molar-refractivity contribution in [2.45, 2.75) is 13.0 Å². The van der Waals surface area contributed by atoms with Gasteiger partial charge in [0.2, 0.25) is 11.8 Å². The third kappa shape index (κ3) is 3.34. The van der Waals surface area contributed by atoms with Gasteiger partial charge in [0.05, 0.1) is 23.6 Å². The van der Waals surface area contributed by atoms with Crippen LogP contribution in [0.15, 0.2) is 54.6 Å². The van der Waals surface area contributed by atoms with Crippen LogP contribution in [0.3, 0.4) is 0 Å². The monoisotopic (exact) mass is 364 g/mol. The number of carbonyl (C=O) groups excluding carboxylic acids is 2. The van der Waals surface area contributed by atoms with Gasteiger partial charge < -0.3 is 10.2 Å². The Morgan fingerprint density at radius 2 is 1.78 bits per heavy atom. The Balaban J connectivity index is 1.57. The number of fused-ring (bicyclic) bond motifs is 1. The minimum absolute atomic E-state index is 0.0199. The van der Waals surface area contributed by atoms with Gasteiger partial charge in [0, 0.05) is 18.8 Å². The first kappa shape index (κ1) is 17.7. The standard InChI is InChI=1S/C21H24N4O2/c1-14-8-6-7-11-18(14)22-20(26)16-12-24(2)13-17-19(16)23-25(21(17)27)15-9-4-3-5-10-15/h3-11,16-17,19,23H,12-13H2,1-2H3,(H,22,26). The van der Waals surface area contributed by atoms with Crippen LogP contribution in [0.1, 0.15) is 5.56 Å². The van der Waals surface area contributed by atoms with Crippen LogP contribution in [-0.4, -0.2) is 42.9 Å². The molecule has 0 saturated carbocycles. The lowest BCUT2D eigenvalue weighted by Gasteiger charge is -2.36. The number of piperidine rings is 1. The molecule has 2 amide bonds. The molecule has 6 heteroatoms. The largest absolute Gasteiger partial charge is 0.326 e. The average molecular weight is 364 g/mol. The molecule has 0 bridgehead atoms. The maximum atomic E-state index is 13.1. The summed E-state index contributed by atoms with van der Waals surface area (Å²) in [5.41, 5.74) is 5.95. The molecule has 2 aliphatic heterocycles. The summed E-state index contributed by atoms with van der Waals surface area (Å²) in [6.07, 6.45) is 0. The Morgan fingerprint density at radius 1 is 1.07 bits per heavy atom. The van der Waals surface area contributed by atoms with Gasteiger partial charge in [0.15, 0.2) is 0 Å². The van der Waals surface area contributed by atoms with Crippen molar-refractivity contribution in [3.05, 3.63) is 60.2 Å². The Labute approximate surface area is 159 Å². The molecule has 27 heavy (non-hydrogen) atoms. The van der Waals surface area contributed by atoms with Crippen LogP contribution in [0.4, 0.5) is 11.4 Å². The number of anilines is 2. The summed E-state index contributed by atoms with van der Waals surface area (Å²) in [5.74, 6) is -0.588. The second kappa shape index (κ2) is 7.13. The van der Waals surface area contributed by atoms with Crippen LogP contribution in [-0.2, 0) is 9.59 Å². The second-order valence-corrected chi connectivity index (χ2v) is 7.40. The molecular formula is C21H24N4O2. The Kier molecular flexibility index (Phi) is 4.68. The van der Waals surface area contributed by atoms with Crippen LogP contribution < -0.4 is 15.8 Å². The number of carbonyl (C=O) groups is 2. The minimum Gasteiger partial charge on any atom is -0.326 e. The van der Waals surface area contributed by atoms with E-state index in [1.54, 1.807) is 5.01 Å². The first-order valence-electron chi connectivity index (χ1n) is 9.25. The lowest BCUT2D eigenvalue weighted by molar-refractivity contribution is -0.125. The van der Waals surface area contributed by atoms with E-state index in [2.05, 4.69) is 15.6 Å². The van der Waals surface area contributed by atoms with E-state index in [1.165, 1.54) is 0 Å². The topological polar surface area (TPSA) is 64.7 Å². The molecule has 2 aromatic rings. The highest BCUT2D eigenvalue weighted by atomic mass is 16.2. The molecule has 3 unspecified atom stereocenters. The zero-order valence-corrected chi connectivity index (χ0v) is 15.6. The molecule has 0 aromatic heterocycles. The fourth-order valence-electron chi connectivity index (χ4n) is 4.01. The normalized spacial score (nSPS) is 25.3. The molecule has 6 nitrogen and oxygen atoms in total. The van der Waals surface area contributed by atoms with Crippen molar-refractivity contribution in [1.29, 1.82) is 0 Å². The molecule has 3 atom stereocenters. The van der Waals surface area contributed by atoms with Gasteiger partial charge in [-0.3, -0.25) is 9.59 Å². The second-order valence-electron chi connectivity index (χ2n) is 7.40. The number of benzene rings is 2. The number of para-hydroxylation sites is 2. The van der Waals surface area contributed by atoms with E-state index in [0.717, 1.165) is 16.9 Å². The quantitative estimate of drug-likeness (QED) is 0.875. The number of hydrazine groups is 1. The fraction of sp³-hybridized carbons (Fsp3) is 0.333.